The molecular weight excluding hydrogens is 431 g/mol. The Labute approximate surface area is 192 Å². The first kappa shape index (κ1) is 23.5. The minimum atomic E-state index is -4.46. The van der Waals surface area contributed by atoms with Crippen molar-refractivity contribution in [1.82, 2.24) is 4.90 Å². The fourth-order valence-electron chi connectivity index (χ4n) is 5.23. The van der Waals surface area contributed by atoms with E-state index < -0.39 is 17.8 Å². The van der Waals surface area contributed by atoms with Crippen LogP contribution in [0.1, 0.15) is 66.8 Å². The van der Waals surface area contributed by atoms with Gasteiger partial charge in [0.05, 0.1) is 25.8 Å². The zero-order chi connectivity index (χ0) is 23.6. The average molecular weight is 462 g/mol. The molecule has 1 aliphatic carbocycles. The molecule has 1 saturated carbocycles. The number of nitrogens with zero attached hydrogens (tertiary/aromatic N) is 1. The van der Waals surface area contributed by atoms with Crippen molar-refractivity contribution in [2.45, 2.75) is 57.2 Å². The molecule has 0 spiro atoms. The summed E-state index contributed by atoms with van der Waals surface area (Å²) in [7, 11) is 3.08. The molecule has 178 valence electrons. The largest absolute Gasteiger partial charge is 0.493 e. The van der Waals surface area contributed by atoms with Crippen molar-refractivity contribution in [1.29, 1.82) is 0 Å². The number of fused-ring (bicyclic) bond motifs is 1. The smallest absolute Gasteiger partial charge is 0.416 e. The first-order valence-corrected chi connectivity index (χ1v) is 11.5. The van der Waals surface area contributed by atoms with E-state index >= 15 is 0 Å². The van der Waals surface area contributed by atoms with Crippen LogP contribution in [-0.2, 0) is 17.4 Å². The molecule has 2 aliphatic rings. The van der Waals surface area contributed by atoms with Crippen molar-refractivity contribution in [2.75, 3.05) is 20.8 Å². The molecule has 1 heterocycles. The predicted octanol–water partition coefficient (Wildman–Crippen LogP) is 6.17. The van der Waals surface area contributed by atoms with E-state index in [4.69, 9.17) is 9.47 Å². The molecule has 1 atom stereocenters. The number of ether oxygens (including phenoxy) is 2. The van der Waals surface area contributed by atoms with Crippen molar-refractivity contribution in [3.63, 3.8) is 0 Å². The number of alkyl halides is 3. The van der Waals surface area contributed by atoms with Gasteiger partial charge in [-0.05, 0) is 59.7 Å². The molecule has 1 amide bonds. The van der Waals surface area contributed by atoms with Crippen molar-refractivity contribution in [3.8, 4) is 11.5 Å². The molecular formula is C26H30F3NO3. The summed E-state index contributed by atoms with van der Waals surface area (Å²) >= 11 is 0. The van der Waals surface area contributed by atoms with Crippen molar-refractivity contribution in [2.24, 2.45) is 5.92 Å². The fourth-order valence-corrected chi connectivity index (χ4v) is 5.23. The van der Waals surface area contributed by atoms with Gasteiger partial charge in [-0.3, -0.25) is 4.79 Å². The van der Waals surface area contributed by atoms with Gasteiger partial charge in [0.25, 0.3) is 0 Å². The molecule has 0 aromatic heterocycles. The first-order valence-electron chi connectivity index (χ1n) is 11.5. The molecule has 2 aromatic rings. The zero-order valence-corrected chi connectivity index (χ0v) is 19.1. The maximum absolute atomic E-state index is 13.5. The van der Waals surface area contributed by atoms with Crippen LogP contribution >= 0.6 is 0 Å². The van der Waals surface area contributed by atoms with E-state index in [0.29, 0.717) is 42.4 Å². The number of hydrogen-bond acceptors (Lipinski definition) is 3. The van der Waals surface area contributed by atoms with E-state index in [-0.39, 0.29) is 5.91 Å². The molecule has 4 rings (SSSR count). The second-order valence-electron chi connectivity index (χ2n) is 8.96. The van der Waals surface area contributed by atoms with Gasteiger partial charge < -0.3 is 14.4 Å². The molecule has 4 nitrogen and oxygen atoms in total. The van der Waals surface area contributed by atoms with Gasteiger partial charge in [0.15, 0.2) is 11.5 Å². The lowest BCUT2D eigenvalue weighted by molar-refractivity contribution is -0.137. The van der Waals surface area contributed by atoms with Gasteiger partial charge in [0.1, 0.15) is 0 Å². The number of carbonyl (C=O) groups is 1. The van der Waals surface area contributed by atoms with Gasteiger partial charge in [-0.1, -0.05) is 37.8 Å². The minimum Gasteiger partial charge on any atom is -0.493 e. The van der Waals surface area contributed by atoms with E-state index in [1.165, 1.54) is 26.0 Å². The van der Waals surface area contributed by atoms with Crippen LogP contribution in [0.15, 0.2) is 36.4 Å². The minimum absolute atomic E-state index is 0.00949. The summed E-state index contributed by atoms with van der Waals surface area (Å²) in [5.74, 6) is 1.63. The summed E-state index contributed by atoms with van der Waals surface area (Å²) in [5, 5.41) is 0. The summed E-state index contributed by atoms with van der Waals surface area (Å²) in [6, 6.07) is 8.37. The summed E-state index contributed by atoms with van der Waals surface area (Å²) in [6.07, 6.45) is 2.15. The highest BCUT2D eigenvalue weighted by Crippen LogP contribution is 2.42. The molecule has 2 aromatic carbocycles. The lowest BCUT2D eigenvalue weighted by atomic mass is 9.86. The Balaban J connectivity index is 1.73. The number of carbonyl (C=O) groups excluding carboxylic acids is 1. The molecule has 0 saturated heterocycles. The standard InChI is InChI=1S/C26H30F3NO3/c1-32-22-15-18-12-13-30(24(31)11-10-17-6-3-4-7-17)25(21(18)16-23(22)33-2)19-8-5-9-20(14-19)26(27,28)29/h5,8-9,14-17,25H,3-4,6-7,10-13H2,1-2H3/t25-/m0/s1. The van der Waals surface area contributed by atoms with E-state index in [9.17, 15) is 18.0 Å². The van der Waals surface area contributed by atoms with Crippen LogP contribution in [0.25, 0.3) is 0 Å². The van der Waals surface area contributed by atoms with Crippen LogP contribution in [0, 0.1) is 5.92 Å². The molecule has 0 unspecified atom stereocenters. The third-order valence-electron chi connectivity index (χ3n) is 6.96. The van der Waals surface area contributed by atoms with Gasteiger partial charge in [-0.15, -0.1) is 0 Å². The number of benzene rings is 2. The normalized spacial score (nSPS) is 18.8. The molecule has 0 bridgehead atoms. The number of halogens is 3. The molecule has 0 radical (unpaired) electrons. The molecule has 7 heteroatoms. The molecule has 33 heavy (non-hydrogen) atoms. The topological polar surface area (TPSA) is 38.8 Å². The van der Waals surface area contributed by atoms with Crippen LogP contribution in [0.2, 0.25) is 0 Å². The zero-order valence-electron chi connectivity index (χ0n) is 19.1. The van der Waals surface area contributed by atoms with Crippen LogP contribution in [0.4, 0.5) is 13.2 Å². The maximum Gasteiger partial charge on any atom is 0.416 e. The van der Waals surface area contributed by atoms with Crippen LogP contribution in [0.5, 0.6) is 11.5 Å². The Morgan fingerprint density at radius 1 is 1.06 bits per heavy atom. The first-order chi connectivity index (χ1) is 15.8. The number of rotatable bonds is 6. The van der Waals surface area contributed by atoms with E-state index in [1.54, 1.807) is 24.1 Å². The van der Waals surface area contributed by atoms with Gasteiger partial charge >= 0.3 is 6.18 Å². The monoisotopic (exact) mass is 461 g/mol. The summed E-state index contributed by atoms with van der Waals surface area (Å²) < 4.78 is 51.3. The average Bonchev–Trinajstić information content (AvgIpc) is 3.34. The van der Waals surface area contributed by atoms with E-state index in [2.05, 4.69) is 0 Å². The Morgan fingerprint density at radius 2 is 1.76 bits per heavy atom. The van der Waals surface area contributed by atoms with Crippen LogP contribution in [-0.4, -0.2) is 31.6 Å². The van der Waals surface area contributed by atoms with E-state index in [0.717, 1.165) is 42.5 Å². The predicted molar refractivity (Wildman–Crippen MR) is 119 cm³/mol. The van der Waals surface area contributed by atoms with Gasteiger partial charge in [0, 0.05) is 13.0 Å². The van der Waals surface area contributed by atoms with Gasteiger partial charge in [0.2, 0.25) is 5.91 Å². The molecule has 0 N–H and O–H groups in total. The molecule has 1 aliphatic heterocycles. The van der Waals surface area contributed by atoms with Gasteiger partial charge in [-0.25, -0.2) is 0 Å². The Kier molecular flexibility index (Phi) is 6.86. The lowest BCUT2D eigenvalue weighted by Crippen LogP contribution is -2.40. The van der Waals surface area contributed by atoms with Crippen LogP contribution < -0.4 is 9.47 Å². The molecule has 1 fully saturated rings. The summed E-state index contributed by atoms with van der Waals surface area (Å²) in [5.41, 5.74) is 1.47. The summed E-state index contributed by atoms with van der Waals surface area (Å²) in [6.45, 7) is 0.451. The second kappa shape index (κ2) is 9.65. The number of methoxy groups -OCH3 is 2. The van der Waals surface area contributed by atoms with Crippen molar-refractivity contribution < 1.29 is 27.4 Å². The quantitative estimate of drug-likeness (QED) is 0.517. The highest BCUT2D eigenvalue weighted by atomic mass is 19.4. The highest BCUT2D eigenvalue weighted by molar-refractivity contribution is 5.78. The fraction of sp³-hybridized carbons (Fsp3) is 0.500. The maximum atomic E-state index is 13.5. The van der Waals surface area contributed by atoms with Crippen LogP contribution in [0.3, 0.4) is 0 Å². The SMILES string of the molecule is COc1cc2c(cc1OC)[C@H](c1cccc(C(F)(F)F)c1)N(C(=O)CCC1CCCC1)CC2. The third kappa shape index (κ3) is 4.97. The lowest BCUT2D eigenvalue weighted by Gasteiger charge is -2.38. The van der Waals surface area contributed by atoms with E-state index in [1.807, 2.05) is 6.07 Å². The second-order valence-corrected chi connectivity index (χ2v) is 8.96. The Bertz CT molecular complexity index is 999. The Morgan fingerprint density at radius 3 is 2.42 bits per heavy atom. The Hall–Kier alpha value is -2.70. The van der Waals surface area contributed by atoms with Crippen molar-refractivity contribution in [3.05, 3.63) is 58.7 Å². The number of hydrogen-bond donors (Lipinski definition) is 0. The van der Waals surface area contributed by atoms with Gasteiger partial charge in [-0.2, -0.15) is 13.2 Å². The highest BCUT2D eigenvalue weighted by Gasteiger charge is 2.36. The number of amides is 1. The summed E-state index contributed by atoms with van der Waals surface area (Å²) in [4.78, 5) is 15.1. The third-order valence-corrected chi connectivity index (χ3v) is 6.96. The van der Waals surface area contributed by atoms with Crippen molar-refractivity contribution >= 4 is 5.91 Å².